The third kappa shape index (κ3) is 5.28. The van der Waals surface area contributed by atoms with Gasteiger partial charge in [-0.25, -0.2) is 17.9 Å². The van der Waals surface area contributed by atoms with Crippen LogP contribution in [0.5, 0.6) is 0 Å². The number of benzene rings is 1. The van der Waals surface area contributed by atoms with Crippen LogP contribution in [0.15, 0.2) is 24.3 Å². The Balaban J connectivity index is 2.86. The van der Waals surface area contributed by atoms with Gasteiger partial charge in [0.15, 0.2) is 0 Å². The lowest BCUT2D eigenvalue weighted by molar-refractivity contribution is 0.0696. The van der Waals surface area contributed by atoms with Crippen molar-refractivity contribution in [2.45, 2.75) is 25.1 Å². The molecule has 1 aromatic carbocycles. The number of carboxylic acids is 1. The smallest absolute Gasteiger partial charge is 0.335 e. The molecule has 7 heteroatoms. The summed E-state index contributed by atoms with van der Waals surface area (Å²) >= 11 is 0. The zero-order valence-corrected chi connectivity index (χ0v) is 12.5. The maximum atomic E-state index is 12.1. The minimum Gasteiger partial charge on any atom is -0.478 e. The Hall–Kier alpha value is -1.44. The van der Waals surface area contributed by atoms with Crippen LogP contribution in [0.2, 0.25) is 0 Å². The normalized spacial score (nSPS) is 12.3. The van der Waals surface area contributed by atoms with Gasteiger partial charge in [0, 0.05) is 7.11 Å². The van der Waals surface area contributed by atoms with Crippen LogP contribution in [-0.4, -0.2) is 38.7 Å². The van der Waals surface area contributed by atoms with E-state index in [9.17, 15) is 13.2 Å². The summed E-state index contributed by atoms with van der Waals surface area (Å²) in [5.74, 6) is -1.36. The van der Waals surface area contributed by atoms with Gasteiger partial charge in [0.05, 0.1) is 23.5 Å². The molecular formula is C13H19NO5S. The second kappa shape index (κ2) is 6.34. The van der Waals surface area contributed by atoms with Gasteiger partial charge in [0.25, 0.3) is 0 Å². The first-order valence-corrected chi connectivity index (χ1v) is 7.63. The van der Waals surface area contributed by atoms with Crippen molar-refractivity contribution in [2.24, 2.45) is 0 Å². The predicted octanol–water partition coefficient (Wildman–Crippen LogP) is 1.23. The number of methoxy groups -OCH3 is 1. The van der Waals surface area contributed by atoms with E-state index >= 15 is 0 Å². The number of aromatic carboxylic acids is 1. The number of rotatable bonds is 7. The van der Waals surface area contributed by atoms with Gasteiger partial charge in [-0.15, -0.1) is 0 Å². The van der Waals surface area contributed by atoms with Crippen molar-refractivity contribution in [1.82, 2.24) is 4.72 Å². The van der Waals surface area contributed by atoms with E-state index in [2.05, 4.69) is 4.72 Å². The minimum absolute atomic E-state index is 0.0638. The molecule has 0 heterocycles. The fourth-order valence-corrected chi connectivity index (χ4v) is 3.45. The van der Waals surface area contributed by atoms with Crippen molar-refractivity contribution in [2.75, 3.05) is 13.7 Å². The highest BCUT2D eigenvalue weighted by molar-refractivity contribution is 7.88. The fraction of sp³-hybridized carbons (Fsp3) is 0.462. The molecule has 0 unspecified atom stereocenters. The number of carbonyl (C=O) groups is 1. The number of nitrogens with one attached hydrogen (secondary N) is 1. The number of sulfonamides is 1. The predicted molar refractivity (Wildman–Crippen MR) is 75.1 cm³/mol. The van der Waals surface area contributed by atoms with Crippen LogP contribution in [0, 0.1) is 0 Å². The molecule has 0 saturated carbocycles. The van der Waals surface area contributed by atoms with E-state index in [0.29, 0.717) is 5.56 Å². The molecule has 0 atom stereocenters. The van der Waals surface area contributed by atoms with Gasteiger partial charge < -0.3 is 9.84 Å². The molecular weight excluding hydrogens is 282 g/mol. The summed E-state index contributed by atoms with van der Waals surface area (Å²) in [6, 6.07) is 5.87. The molecule has 20 heavy (non-hydrogen) atoms. The number of carboxylic acid groups (broad SMARTS) is 1. The first kappa shape index (κ1) is 16.6. The number of hydrogen-bond acceptors (Lipinski definition) is 4. The van der Waals surface area contributed by atoms with E-state index in [1.165, 1.54) is 25.3 Å². The molecule has 0 aliphatic rings. The first-order valence-electron chi connectivity index (χ1n) is 5.98. The standard InChI is InChI=1S/C13H19NO5S/c1-13(2,9-19-3)14-20(17,18)8-10-5-4-6-11(7-10)12(15)16/h4-7,14H,8-9H2,1-3H3,(H,15,16). The minimum atomic E-state index is -3.58. The van der Waals surface area contributed by atoms with Crippen molar-refractivity contribution in [3.63, 3.8) is 0 Å². The fourth-order valence-electron chi connectivity index (χ4n) is 1.86. The Kier molecular flexibility index (Phi) is 5.27. The van der Waals surface area contributed by atoms with Gasteiger partial charge in [-0.05, 0) is 31.5 Å². The second-order valence-corrected chi connectivity index (χ2v) is 6.91. The molecule has 112 valence electrons. The zero-order valence-electron chi connectivity index (χ0n) is 11.7. The molecule has 0 radical (unpaired) electrons. The van der Waals surface area contributed by atoms with E-state index in [-0.39, 0.29) is 17.9 Å². The third-order valence-electron chi connectivity index (χ3n) is 2.47. The highest BCUT2D eigenvalue weighted by Crippen LogP contribution is 2.12. The Labute approximate surface area is 118 Å². The van der Waals surface area contributed by atoms with Crippen molar-refractivity contribution in [3.8, 4) is 0 Å². The first-order chi connectivity index (χ1) is 9.15. The second-order valence-electron chi connectivity index (χ2n) is 5.18. The molecule has 0 amide bonds. The Bertz CT molecular complexity index is 580. The molecule has 0 aliphatic heterocycles. The lowest BCUT2D eigenvalue weighted by atomic mass is 10.1. The van der Waals surface area contributed by atoms with Crippen LogP contribution in [0.3, 0.4) is 0 Å². The van der Waals surface area contributed by atoms with Crippen molar-refractivity contribution in [3.05, 3.63) is 35.4 Å². The molecule has 1 aromatic rings. The third-order valence-corrected chi connectivity index (χ3v) is 4.04. The van der Waals surface area contributed by atoms with Gasteiger partial charge in [-0.3, -0.25) is 0 Å². The summed E-state index contributed by atoms with van der Waals surface area (Å²) in [5.41, 5.74) is -0.239. The molecule has 0 saturated heterocycles. The maximum absolute atomic E-state index is 12.1. The summed E-state index contributed by atoms with van der Waals surface area (Å²) in [7, 11) is -2.09. The summed E-state index contributed by atoms with van der Waals surface area (Å²) in [4.78, 5) is 10.9. The molecule has 6 nitrogen and oxygen atoms in total. The Morgan fingerprint density at radius 2 is 2.05 bits per heavy atom. The van der Waals surface area contributed by atoms with Crippen molar-refractivity contribution >= 4 is 16.0 Å². The quantitative estimate of drug-likeness (QED) is 0.790. The summed E-state index contributed by atoms with van der Waals surface area (Å²) in [5, 5.41) is 8.88. The van der Waals surface area contributed by atoms with E-state index in [1.54, 1.807) is 19.9 Å². The van der Waals surface area contributed by atoms with E-state index in [1.807, 2.05) is 0 Å². The zero-order chi connectivity index (χ0) is 15.4. The van der Waals surface area contributed by atoms with Crippen LogP contribution in [0.25, 0.3) is 0 Å². The van der Waals surface area contributed by atoms with Crippen LogP contribution in [0.4, 0.5) is 0 Å². The maximum Gasteiger partial charge on any atom is 0.335 e. The van der Waals surface area contributed by atoms with Crippen LogP contribution in [0.1, 0.15) is 29.8 Å². The van der Waals surface area contributed by atoms with Crippen molar-refractivity contribution in [1.29, 1.82) is 0 Å². The molecule has 1 rings (SSSR count). The largest absolute Gasteiger partial charge is 0.478 e. The molecule has 0 aliphatic carbocycles. The van der Waals surface area contributed by atoms with E-state index < -0.39 is 21.5 Å². The average molecular weight is 301 g/mol. The van der Waals surface area contributed by atoms with Gasteiger partial charge in [-0.2, -0.15) is 0 Å². The lowest BCUT2D eigenvalue weighted by Crippen LogP contribution is -2.47. The summed E-state index contributed by atoms with van der Waals surface area (Å²) < 4.78 is 31.6. The molecule has 0 bridgehead atoms. The SMILES string of the molecule is COCC(C)(C)NS(=O)(=O)Cc1cccc(C(=O)O)c1. The summed E-state index contributed by atoms with van der Waals surface area (Å²) in [6.07, 6.45) is 0. The van der Waals surface area contributed by atoms with Gasteiger partial charge >= 0.3 is 5.97 Å². The van der Waals surface area contributed by atoms with Crippen LogP contribution >= 0.6 is 0 Å². The van der Waals surface area contributed by atoms with Crippen LogP contribution in [-0.2, 0) is 20.5 Å². The average Bonchev–Trinajstić information content (AvgIpc) is 2.26. The highest BCUT2D eigenvalue weighted by atomic mass is 32.2. The van der Waals surface area contributed by atoms with Crippen molar-refractivity contribution < 1.29 is 23.1 Å². The van der Waals surface area contributed by atoms with E-state index in [4.69, 9.17) is 9.84 Å². The van der Waals surface area contributed by atoms with Gasteiger partial charge in [0.2, 0.25) is 10.0 Å². The van der Waals surface area contributed by atoms with E-state index in [0.717, 1.165) is 0 Å². The Morgan fingerprint density at radius 3 is 2.60 bits per heavy atom. The molecule has 0 spiro atoms. The molecule has 2 N–H and O–H groups in total. The monoisotopic (exact) mass is 301 g/mol. The Morgan fingerprint density at radius 1 is 1.40 bits per heavy atom. The van der Waals surface area contributed by atoms with Gasteiger partial charge in [0.1, 0.15) is 0 Å². The highest BCUT2D eigenvalue weighted by Gasteiger charge is 2.25. The molecule has 0 aromatic heterocycles. The topological polar surface area (TPSA) is 92.7 Å². The number of hydrogen-bond donors (Lipinski definition) is 2. The van der Waals surface area contributed by atoms with Gasteiger partial charge in [-0.1, -0.05) is 12.1 Å². The van der Waals surface area contributed by atoms with Crippen LogP contribution < -0.4 is 4.72 Å². The summed E-state index contributed by atoms with van der Waals surface area (Å²) in [6.45, 7) is 3.66. The molecule has 0 fully saturated rings. The number of ether oxygens (including phenoxy) is 1. The lowest BCUT2D eigenvalue weighted by Gasteiger charge is -2.24.